The van der Waals surface area contributed by atoms with Crippen LogP contribution in [-0.2, 0) is 9.05 Å². The van der Waals surface area contributed by atoms with Gasteiger partial charge >= 0.3 is 0 Å². The van der Waals surface area contributed by atoms with E-state index in [-0.39, 0.29) is 0 Å². The summed E-state index contributed by atoms with van der Waals surface area (Å²) in [5.74, 6) is -0.870. The Morgan fingerprint density at radius 1 is 1.50 bits per heavy atom. The van der Waals surface area contributed by atoms with Gasteiger partial charge in [0.15, 0.2) is 5.03 Å². The first kappa shape index (κ1) is 9.70. The van der Waals surface area contributed by atoms with Crippen LogP contribution in [0.15, 0.2) is 17.3 Å². The highest BCUT2D eigenvalue weighted by Crippen LogP contribution is 2.24. The first-order valence-electron chi connectivity index (χ1n) is 2.67. The highest BCUT2D eigenvalue weighted by atomic mass is 35.7. The van der Waals surface area contributed by atoms with Gasteiger partial charge in [-0.2, -0.15) is 0 Å². The minimum atomic E-state index is -4.07. The molecular formula is C5H2Cl2FNO2S. The van der Waals surface area contributed by atoms with Gasteiger partial charge in [0.05, 0.1) is 0 Å². The van der Waals surface area contributed by atoms with Gasteiger partial charge in [-0.25, -0.2) is 17.8 Å². The van der Waals surface area contributed by atoms with Crippen LogP contribution < -0.4 is 0 Å². The fraction of sp³-hybridized carbons (Fsp3) is 0. The average molecular weight is 230 g/mol. The molecule has 1 rings (SSSR count). The van der Waals surface area contributed by atoms with E-state index in [0.29, 0.717) is 0 Å². The Kier molecular flexibility index (Phi) is 2.55. The zero-order valence-electron chi connectivity index (χ0n) is 5.46. The molecule has 0 spiro atoms. The molecule has 1 aromatic rings. The van der Waals surface area contributed by atoms with Crippen molar-refractivity contribution >= 4 is 31.3 Å². The van der Waals surface area contributed by atoms with Gasteiger partial charge in [0, 0.05) is 16.9 Å². The molecule has 1 aromatic heterocycles. The molecule has 12 heavy (non-hydrogen) atoms. The fourth-order valence-corrected chi connectivity index (χ4v) is 1.96. The van der Waals surface area contributed by atoms with Crippen molar-refractivity contribution in [1.29, 1.82) is 0 Å². The SMILES string of the molecule is O=S(=O)(Cl)c1nccc(F)c1Cl. The number of pyridine rings is 1. The monoisotopic (exact) mass is 229 g/mol. The molecule has 66 valence electrons. The summed E-state index contributed by atoms with van der Waals surface area (Å²) < 4.78 is 33.9. The highest BCUT2D eigenvalue weighted by Gasteiger charge is 2.18. The van der Waals surface area contributed by atoms with Crippen molar-refractivity contribution in [2.75, 3.05) is 0 Å². The molecule has 0 saturated carbocycles. The van der Waals surface area contributed by atoms with Crippen molar-refractivity contribution in [1.82, 2.24) is 4.98 Å². The Bertz CT molecular complexity index is 406. The van der Waals surface area contributed by atoms with Gasteiger partial charge in [-0.15, -0.1) is 0 Å². The standard InChI is InChI=1S/C5H2Cl2FNO2S/c6-4-3(8)1-2-9-5(4)12(7,10)11/h1-2H. The number of hydrogen-bond acceptors (Lipinski definition) is 3. The van der Waals surface area contributed by atoms with Crippen molar-refractivity contribution in [2.24, 2.45) is 0 Å². The Morgan fingerprint density at radius 2 is 2.08 bits per heavy atom. The normalized spacial score (nSPS) is 11.6. The second-order valence-corrected chi connectivity index (χ2v) is 4.71. The predicted molar refractivity (Wildman–Crippen MR) is 42.2 cm³/mol. The number of aromatic nitrogens is 1. The molecule has 7 heteroatoms. The second kappa shape index (κ2) is 3.16. The molecule has 0 unspecified atom stereocenters. The van der Waals surface area contributed by atoms with Gasteiger partial charge in [-0.1, -0.05) is 11.6 Å². The Hall–Kier alpha value is -0.390. The van der Waals surface area contributed by atoms with E-state index in [1.165, 1.54) is 0 Å². The van der Waals surface area contributed by atoms with Crippen LogP contribution in [0.3, 0.4) is 0 Å². The van der Waals surface area contributed by atoms with Gasteiger partial charge in [0.1, 0.15) is 10.8 Å². The van der Waals surface area contributed by atoms with Crippen LogP contribution in [0.5, 0.6) is 0 Å². The molecule has 0 aromatic carbocycles. The fourth-order valence-electron chi connectivity index (χ4n) is 0.572. The quantitative estimate of drug-likeness (QED) is 0.691. The maximum absolute atomic E-state index is 12.6. The predicted octanol–water partition coefficient (Wildman–Crippen LogP) is 1.80. The topological polar surface area (TPSA) is 47.0 Å². The molecule has 0 fully saturated rings. The van der Waals surface area contributed by atoms with Crippen LogP contribution in [0.25, 0.3) is 0 Å². The lowest BCUT2D eigenvalue weighted by molar-refractivity contribution is 0.596. The largest absolute Gasteiger partial charge is 0.280 e. The van der Waals surface area contributed by atoms with Crippen molar-refractivity contribution in [2.45, 2.75) is 5.03 Å². The molecule has 0 atom stereocenters. The van der Waals surface area contributed by atoms with Crippen LogP contribution in [0.2, 0.25) is 5.02 Å². The summed E-state index contributed by atoms with van der Waals surface area (Å²) in [4.78, 5) is 3.32. The van der Waals surface area contributed by atoms with E-state index in [1.807, 2.05) is 0 Å². The summed E-state index contributed by atoms with van der Waals surface area (Å²) in [6.45, 7) is 0. The Balaban J connectivity index is 3.47. The van der Waals surface area contributed by atoms with E-state index in [9.17, 15) is 12.8 Å². The zero-order chi connectivity index (χ0) is 9.35. The van der Waals surface area contributed by atoms with Gasteiger partial charge < -0.3 is 0 Å². The number of nitrogens with zero attached hydrogens (tertiary/aromatic N) is 1. The third kappa shape index (κ3) is 1.85. The molecule has 0 radical (unpaired) electrons. The third-order valence-electron chi connectivity index (χ3n) is 1.04. The molecule has 0 saturated heterocycles. The zero-order valence-corrected chi connectivity index (χ0v) is 7.79. The van der Waals surface area contributed by atoms with E-state index in [0.717, 1.165) is 12.3 Å². The number of hydrogen-bond donors (Lipinski definition) is 0. The van der Waals surface area contributed by atoms with Crippen LogP contribution in [0, 0.1) is 5.82 Å². The lowest BCUT2D eigenvalue weighted by atomic mass is 10.5. The molecule has 0 aliphatic carbocycles. The maximum atomic E-state index is 12.6. The Morgan fingerprint density at radius 3 is 2.50 bits per heavy atom. The van der Waals surface area contributed by atoms with E-state index < -0.39 is 24.9 Å². The van der Waals surface area contributed by atoms with Crippen LogP contribution in [0.1, 0.15) is 0 Å². The number of rotatable bonds is 1. The summed E-state index contributed by atoms with van der Waals surface area (Å²) >= 11 is 5.28. The van der Waals surface area contributed by atoms with Crippen molar-refractivity contribution < 1.29 is 12.8 Å². The molecule has 1 heterocycles. The van der Waals surface area contributed by atoms with Crippen LogP contribution >= 0.6 is 22.3 Å². The van der Waals surface area contributed by atoms with E-state index in [4.69, 9.17) is 22.3 Å². The average Bonchev–Trinajstić information content (AvgIpc) is 1.92. The second-order valence-electron chi connectivity index (χ2n) is 1.85. The van der Waals surface area contributed by atoms with Crippen molar-refractivity contribution in [3.63, 3.8) is 0 Å². The maximum Gasteiger partial charge on any atom is 0.280 e. The van der Waals surface area contributed by atoms with Crippen molar-refractivity contribution in [3.05, 3.63) is 23.1 Å². The molecule has 0 aliphatic rings. The van der Waals surface area contributed by atoms with Crippen LogP contribution in [0.4, 0.5) is 4.39 Å². The minimum Gasteiger partial charge on any atom is -0.242 e. The van der Waals surface area contributed by atoms with Crippen LogP contribution in [-0.4, -0.2) is 13.4 Å². The lowest BCUT2D eigenvalue weighted by Gasteiger charge is -1.97. The minimum absolute atomic E-state index is 0.590. The van der Waals surface area contributed by atoms with E-state index >= 15 is 0 Å². The summed E-state index contributed by atoms with van der Waals surface area (Å²) in [7, 11) is 0.828. The molecule has 0 bridgehead atoms. The van der Waals surface area contributed by atoms with E-state index in [2.05, 4.69) is 4.98 Å². The molecular weight excluding hydrogens is 228 g/mol. The summed E-state index contributed by atoms with van der Waals surface area (Å²) in [6.07, 6.45) is 0.969. The van der Waals surface area contributed by atoms with Gasteiger partial charge in [-0.05, 0) is 6.07 Å². The summed E-state index contributed by atoms with van der Waals surface area (Å²) in [5, 5.41) is -1.25. The molecule has 0 amide bonds. The van der Waals surface area contributed by atoms with Gasteiger partial charge in [0.25, 0.3) is 9.05 Å². The first-order valence-corrected chi connectivity index (χ1v) is 5.36. The smallest absolute Gasteiger partial charge is 0.242 e. The molecule has 3 nitrogen and oxygen atoms in total. The summed E-state index contributed by atoms with van der Waals surface area (Å²) in [6, 6.07) is 0.938. The first-order chi connectivity index (χ1) is 5.43. The number of halogens is 3. The van der Waals surface area contributed by atoms with Crippen molar-refractivity contribution in [3.8, 4) is 0 Å². The molecule has 0 aliphatic heterocycles. The van der Waals surface area contributed by atoms with E-state index in [1.54, 1.807) is 0 Å². The Labute approximate surface area is 77.6 Å². The highest BCUT2D eigenvalue weighted by molar-refractivity contribution is 8.13. The molecule has 0 N–H and O–H groups in total. The lowest BCUT2D eigenvalue weighted by Crippen LogP contribution is -1.97. The van der Waals surface area contributed by atoms with Gasteiger partial charge in [0.2, 0.25) is 0 Å². The van der Waals surface area contributed by atoms with Gasteiger partial charge in [-0.3, -0.25) is 0 Å². The summed E-state index contributed by atoms with van der Waals surface area (Å²) in [5.41, 5.74) is 0. The third-order valence-corrected chi connectivity index (χ3v) is 2.72.